The molecule has 0 fully saturated rings. The molecular formula is C31H22. The molecule has 0 heteroatoms. The van der Waals surface area contributed by atoms with E-state index in [0.717, 1.165) is 0 Å². The van der Waals surface area contributed by atoms with Crippen LogP contribution in [0.25, 0.3) is 33.4 Å². The Kier molecular flexibility index (Phi) is 4.28. The number of fused-ring (bicyclic) bond motifs is 3. The van der Waals surface area contributed by atoms with Gasteiger partial charge in [-0.05, 0) is 50.1 Å². The van der Waals surface area contributed by atoms with Crippen LogP contribution in [0.2, 0.25) is 0 Å². The third kappa shape index (κ3) is 3.00. The summed E-state index contributed by atoms with van der Waals surface area (Å²) in [6.07, 6.45) is 0. The van der Waals surface area contributed by atoms with Gasteiger partial charge in [0.2, 0.25) is 0 Å². The van der Waals surface area contributed by atoms with Crippen molar-refractivity contribution in [1.82, 2.24) is 0 Å². The highest BCUT2D eigenvalue weighted by Gasteiger charge is 2.28. The topological polar surface area (TPSA) is 0 Å². The van der Waals surface area contributed by atoms with E-state index in [1.807, 2.05) is 0 Å². The summed E-state index contributed by atoms with van der Waals surface area (Å²) in [5.74, 6) is 0.166. The quantitative estimate of drug-likeness (QED) is 0.284. The fourth-order valence-corrected chi connectivity index (χ4v) is 4.97. The molecule has 6 aliphatic rings. The van der Waals surface area contributed by atoms with Crippen LogP contribution in [0.5, 0.6) is 0 Å². The molecule has 0 unspecified atom stereocenters. The van der Waals surface area contributed by atoms with Crippen molar-refractivity contribution >= 4 is 0 Å². The minimum atomic E-state index is 0.166. The zero-order chi connectivity index (χ0) is 20.6. The van der Waals surface area contributed by atoms with Gasteiger partial charge in [-0.25, -0.2) is 0 Å². The van der Waals surface area contributed by atoms with Crippen molar-refractivity contribution < 1.29 is 0 Å². The maximum absolute atomic E-state index is 2.32. The van der Waals surface area contributed by atoms with Crippen LogP contribution in [0, 0.1) is 0 Å². The van der Waals surface area contributed by atoms with Gasteiger partial charge >= 0.3 is 0 Å². The van der Waals surface area contributed by atoms with Gasteiger partial charge in [0.05, 0.1) is 0 Å². The van der Waals surface area contributed by atoms with Crippen molar-refractivity contribution in [2.45, 2.75) is 5.92 Å². The molecule has 0 nitrogen and oxygen atoms in total. The Balaban J connectivity index is 1.64. The molecule has 0 aromatic carbocycles. The van der Waals surface area contributed by atoms with E-state index in [-0.39, 0.29) is 5.92 Å². The maximum atomic E-state index is 2.32. The van der Waals surface area contributed by atoms with Crippen molar-refractivity contribution in [3.63, 3.8) is 0 Å². The van der Waals surface area contributed by atoms with Crippen molar-refractivity contribution in [2.24, 2.45) is 0 Å². The Bertz CT molecular complexity index is 1220. The number of hydrogen-bond acceptors (Lipinski definition) is 0. The second-order valence-corrected chi connectivity index (χ2v) is 8.14. The third-order valence-electron chi connectivity index (χ3n) is 6.41. The van der Waals surface area contributed by atoms with Gasteiger partial charge in [-0.1, -0.05) is 127 Å². The molecule has 0 aromatic heterocycles. The number of rotatable bonds is 3. The average Bonchev–Trinajstić information content (AvgIpc) is 3.28. The molecule has 0 saturated carbocycles. The maximum Gasteiger partial charge on any atom is 0.0358 e. The largest absolute Gasteiger partial charge is 0.0622 e. The summed E-state index contributed by atoms with van der Waals surface area (Å²) in [6, 6.07) is 46.3. The van der Waals surface area contributed by atoms with Crippen LogP contribution in [0.15, 0.2) is 127 Å². The Hall–Kier alpha value is -3.90. The van der Waals surface area contributed by atoms with Gasteiger partial charge in [-0.2, -0.15) is 0 Å². The van der Waals surface area contributed by atoms with E-state index in [1.165, 1.54) is 50.1 Å². The van der Waals surface area contributed by atoms with Gasteiger partial charge in [0, 0.05) is 5.92 Å². The summed E-state index contributed by atoms with van der Waals surface area (Å²) in [7, 11) is 0. The zero-order valence-corrected chi connectivity index (χ0v) is 17.2. The van der Waals surface area contributed by atoms with Gasteiger partial charge in [0.25, 0.3) is 0 Å². The van der Waals surface area contributed by atoms with Crippen LogP contribution in [-0.4, -0.2) is 0 Å². The molecule has 0 aromatic rings. The molecule has 0 atom stereocenters. The van der Waals surface area contributed by atoms with Crippen molar-refractivity contribution in [2.75, 3.05) is 0 Å². The highest BCUT2D eigenvalue weighted by atomic mass is 14.3. The highest BCUT2D eigenvalue weighted by Crippen LogP contribution is 2.47. The van der Waals surface area contributed by atoms with Crippen LogP contribution in [0.1, 0.15) is 22.6 Å². The van der Waals surface area contributed by atoms with Gasteiger partial charge in [-0.3, -0.25) is 0 Å². The van der Waals surface area contributed by atoms with Crippen LogP contribution in [0.4, 0.5) is 0 Å². The summed E-state index contributed by atoms with van der Waals surface area (Å²) < 4.78 is 0. The highest BCUT2D eigenvalue weighted by molar-refractivity contribution is 5.81. The van der Waals surface area contributed by atoms with Crippen molar-refractivity contribution in [3.05, 3.63) is 144 Å². The zero-order valence-electron chi connectivity index (χ0n) is 17.2. The lowest BCUT2D eigenvalue weighted by molar-refractivity contribution is 1.00. The lowest BCUT2D eigenvalue weighted by Gasteiger charge is -2.20. The van der Waals surface area contributed by atoms with E-state index in [1.54, 1.807) is 0 Å². The fourth-order valence-electron chi connectivity index (χ4n) is 4.97. The van der Waals surface area contributed by atoms with Crippen LogP contribution in [0.3, 0.4) is 0 Å². The normalized spacial score (nSPS) is 11.5. The molecule has 6 rings (SSSR count). The first kappa shape index (κ1) is 17.9. The fraction of sp³-hybridized carbons (Fsp3) is 0.0323. The lowest BCUT2D eigenvalue weighted by Crippen LogP contribution is -2.03. The van der Waals surface area contributed by atoms with Crippen molar-refractivity contribution in [1.29, 1.82) is 0 Å². The summed E-state index contributed by atoms with van der Waals surface area (Å²) in [5.41, 5.74) is 11.9. The van der Waals surface area contributed by atoms with E-state index in [0.29, 0.717) is 0 Å². The summed E-state index contributed by atoms with van der Waals surface area (Å²) >= 11 is 0. The second-order valence-electron chi connectivity index (χ2n) is 8.14. The van der Waals surface area contributed by atoms with Gasteiger partial charge in [0.15, 0.2) is 0 Å². The van der Waals surface area contributed by atoms with E-state index >= 15 is 0 Å². The third-order valence-corrected chi connectivity index (χ3v) is 6.41. The first-order valence-electron chi connectivity index (χ1n) is 10.8. The second kappa shape index (κ2) is 7.41. The summed E-state index contributed by atoms with van der Waals surface area (Å²) in [4.78, 5) is 0. The minimum absolute atomic E-state index is 0.166. The standard InChI is InChI=1S/C31H22/c1-4-10-22-16-19-28(25(22)13-7-1)31(29-20-17-23-11-5-2-8-14-26(23)29)30-21-18-24-12-6-3-9-15-27(24)30/h1-21,31H. The summed E-state index contributed by atoms with van der Waals surface area (Å²) in [6.45, 7) is 0. The van der Waals surface area contributed by atoms with Crippen molar-refractivity contribution in [3.8, 4) is 33.4 Å². The predicted octanol–water partition coefficient (Wildman–Crippen LogP) is 8.18. The minimum Gasteiger partial charge on any atom is -0.0622 e. The Morgan fingerprint density at radius 1 is 0.290 bits per heavy atom. The average molecular weight is 395 g/mol. The molecular weight excluding hydrogens is 372 g/mol. The first-order valence-corrected chi connectivity index (χ1v) is 10.8. The SMILES string of the molecule is c1ccc2ccc(C(c3ccc4cccccc3-4)c3ccc4cccccc3-4)c-2cc1. The first-order chi connectivity index (χ1) is 15.4. The molecule has 0 saturated heterocycles. The Morgan fingerprint density at radius 2 is 0.613 bits per heavy atom. The van der Waals surface area contributed by atoms with Crippen LogP contribution in [-0.2, 0) is 0 Å². The lowest BCUT2D eigenvalue weighted by atomic mass is 9.82. The van der Waals surface area contributed by atoms with E-state index in [4.69, 9.17) is 0 Å². The Labute approximate surface area is 183 Å². The summed E-state index contributed by atoms with van der Waals surface area (Å²) in [5, 5.41) is 0. The van der Waals surface area contributed by atoms with Crippen LogP contribution >= 0.6 is 0 Å². The van der Waals surface area contributed by atoms with E-state index in [2.05, 4.69) is 127 Å². The Morgan fingerprint density at radius 3 is 0.968 bits per heavy atom. The van der Waals surface area contributed by atoms with Gasteiger partial charge in [0.1, 0.15) is 0 Å². The van der Waals surface area contributed by atoms with Gasteiger partial charge < -0.3 is 0 Å². The molecule has 6 aliphatic carbocycles. The molecule has 0 amide bonds. The number of hydrogen-bond donors (Lipinski definition) is 0. The molecule has 31 heavy (non-hydrogen) atoms. The molecule has 0 aliphatic heterocycles. The monoisotopic (exact) mass is 394 g/mol. The van der Waals surface area contributed by atoms with E-state index in [9.17, 15) is 0 Å². The molecule has 0 bridgehead atoms. The molecule has 0 radical (unpaired) electrons. The molecule has 0 spiro atoms. The smallest absolute Gasteiger partial charge is 0.0358 e. The predicted molar refractivity (Wildman–Crippen MR) is 130 cm³/mol. The molecule has 0 N–H and O–H groups in total. The molecule has 0 heterocycles. The van der Waals surface area contributed by atoms with E-state index < -0.39 is 0 Å². The van der Waals surface area contributed by atoms with Crippen LogP contribution < -0.4 is 0 Å². The molecule has 146 valence electrons. The van der Waals surface area contributed by atoms with Gasteiger partial charge in [-0.15, -0.1) is 0 Å².